The van der Waals surface area contributed by atoms with Crippen LogP contribution in [0.2, 0.25) is 0 Å². The molecule has 0 atom stereocenters. The molecule has 3 rings (SSSR count). The predicted molar refractivity (Wildman–Crippen MR) is 110 cm³/mol. The van der Waals surface area contributed by atoms with E-state index in [1.54, 1.807) is 4.90 Å². The summed E-state index contributed by atoms with van der Waals surface area (Å²) in [6.45, 7) is 9.57. The number of urea groups is 1. The van der Waals surface area contributed by atoms with Gasteiger partial charge in [0.05, 0.1) is 18.7 Å². The Balaban J connectivity index is 1.55. The molecular weight excluding hydrogens is 356 g/mol. The largest absolute Gasteiger partial charge is 0.382 e. The van der Waals surface area contributed by atoms with Crippen molar-refractivity contribution in [3.05, 3.63) is 17.6 Å². The van der Waals surface area contributed by atoms with Crippen LogP contribution in [-0.4, -0.2) is 58.3 Å². The van der Waals surface area contributed by atoms with Crippen molar-refractivity contribution in [1.29, 1.82) is 0 Å². The molecule has 154 valence electrons. The number of imidazole rings is 1. The number of nitrogens with one attached hydrogen (secondary N) is 1. The van der Waals surface area contributed by atoms with Gasteiger partial charge in [0.25, 0.3) is 0 Å². The van der Waals surface area contributed by atoms with Crippen molar-refractivity contribution in [1.82, 2.24) is 24.8 Å². The van der Waals surface area contributed by atoms with Gasteiger partial charge in [-0.3, -0.25) is 0 Å². The first-order chi connectivity index (χ1) is 13.5. The Morgan fingerprint density at radius 2 is 2.07 bits per heavy atom. The van der Waals surface area contributed by atoms with Gasteiger partial charge < -0.3 is 25.3 Å². The summed E-state index contributed by atoms with van der Waals surface area (Å²) in [6, 6.07) is 2.00. The Morgan fingerprint density at radius 1 is 1.32 bits per heavy atom. The number of amides is 2. The van der Waals surface area contributed by atoms with Crippen molar-refractivity contribution in [2.24, 2.45) is 5.92 Å². The highest BCUT2D eigenvalue weighted by Crippen LogP contribution is 2.33. The number of rotatable bonds is 10. The molecular formula is C20H32N6O2. The van der Waals surface area contributed by atoms with Crippen LogP contribution in [0.1, 0.15) is 38.2 Å². The van der Waals surface area contributed by atoms with Crippen LogP contribution < -0.4 is 11.1 Å². The number of nitrogens with zero attached hydrogens (tertiary/aromatic N) is 4. The third-order valence-corrected chi connectivity index (χ3v) is 5.17. The normalized spacial score (nSPS) is 13.8. The third-order valence-electron chi connectivity index (χ3n) is 5.17. The van der Waals surface area contributed by atoms with Gasteiger partial charge in [0.15, 0.2) is 5.82 Å². The van der Waals surface area contributed by atoms with Crippen molar-refractivity contribution in [2.45, 2.75) is 46.6 Å². The van der Waals surface area contributed by atoms with Crippen LogP contribution in [0, 0.1) is 12.8 Å². The average Bonchev–Trinajstić information content (AvgIpc) is 3.41. The molecule has 1 aliphatic rings. The molecule has 0 aromatic carbocycles. The van der Waals surface area contributed by atoms with Crippen LogP contribution in [0.15, 0.2) is 6.07 Å². The van der Waals surface area contributed by atoms with Crippen molar-refractivity contribution < 1.29 is 9.53 Å². The molecule has 28 heavy (non-hydrogen) atoms. The fourth-order valence-corrected chi connectivity index (χ4v) is 3.42. The number of carbonyl (C=O) groups is 1. The molecule has 2 amide bonds. The highest BCUT2D eigenvalue weighted by Gasteiger charge is 2.25. The summed E-state index contributed by atoms with van der Waals surface area (Å²) in [5.41, 5.74) is 8.80. The molecule has 0 bridgehead atoms. The van der Waals surface area contributed by atoms with Gasteiger partial charge in [-0.05, 0) is 45.6 Å². The number of anilines is 1. The van der Waals surface area contributed by atoms with Crippen molar-refractivity contribution in [2.75, 3.05) is 38.6 Å². The first kappa shape index (κ1) is 20.4. The van der Waals surface area contributed by atoms with Crippen LogP contribution in [0.3, 0.4) is 0 Å². The van der Waals surface area contributed by atoms with Crippen molar-refractivity contribution in [3.63, 3.8) is 0 Å². The number of hydrogen-bond acceptors (Lipinski definition) is 5. The zero-order valence-electron chi connectivity index (χ0n) is 17.2. The molecule has 1 saturated carbocycles. The molecule has 8 nitrogen and oxygen atoms in total. The van der Waals surface area contributed by atoms with E-state index in [9.17, 15) is 4.79 Å². The Hall–Kier alpha value is -2.35. The third kappa shape index (κ3) is 4.92. The van der Waals surface area contributed by atoms with E-state index in [1.807, 2.05) is 26.8 Å². The zero-order valence-corrected chi connectivity index (χ0v) is 17.2. The van der Waals surface area contributed by atoms with Crippen LogP contribution in [0.25, 0.3) is 11.0 Å². The molecule has 3 N–H and O–H groups in total. The first-order valence-corrected chi connectivity index (χ1v) is 10.3. The molecule has 0 saturated heterocycles. The summed E-state index contributed by atoms with van der Waals surface area (Å²) in [5.74, 6) is 2.29. The number of aryl methyl sites for hydroxylation is 1. The van der Waals surface area contributed by atoms with Crippen molar-refractivity contribution >= 4 is 22.9 Å². The minimum Gasteiger partial charge on any atom is -0.382 e. The van der Waals surface area contributed by atoms with Gasteiger partial charge in [0.1, 0.15) is 11.3 Å². The molecule has 0 radical (unpaired) electrons. The van der Waals surface area contributed by atoms with Gasteiger partial charge in [-0.2, -0.15) is 0 Å². The smallest absolute Gasteiger partial charge is 0.317 e. The fourth-order valence-electron chi connectivity index (χ4n) is 3.42. The molecule has 2 aromatic rings. The van der Waals surface area contributed by atoms with E-state index in [0.29, 0.717) is 45.2 Å². The number of hydrogen-bond donors (Lipinski definition) is 2. The topological polar surface area (TPSA) is 98.3 Å². The standard InChI is InChI=1S/C20H32N6O2/c1-4-25(5-2)20(27)22-8-10-28-11-9-26-16-12-14(3)23-19(21)18(16)24-17(26)13-15-6-7-15/h12,15H,4-11,13H2,1-3H3,(H2,21,23)(H,22,27). The lowest BCUT2D eigenvalue weighted by molar-refractivity contribution is 0.126. The predicted octanol–water partition coefficient (Wildman–Crippen LogP) is 2.34. The maximum atomic E-state index is 11.9. The minimum absolute atomic E-state index is 0.0422. The van der Waals surface area contributed by atoms with E-state index in [0.717, 1.165) is 34.9 Å². The summed E-state index contributed by atoms with van der Waals surface area (Å²) in [4.78, 5) is 22.8. The summed E-state index contributed by atoms with van der Waals surface area (Å²) in [5, 5.41) is 2.89. The van der Waals surface area contributed by atoms with Gasteiger partial charge >= 0.3 is 6.03 Å². The number of ether oxygens (including phenoxy) is 1. The Morgan fingerprint density at radius 3 is 2.75 bits per heavy atom. The lowest BCUT2D eigenvalue weighted by atomic mass is 10.3. The maximum absolute atomic E-state index is 11.9. The Labute approximate surface area is 166 Å². The second kappa shape index (κ2) is 9.23. The number of pyridine rings is 1. The number of aromatic nitrogens is 3. The van der Waals surface area contributed by atoms with Gasteiger partial charge in [-0.25, -0.2) is 14.8 Å². The summed E-state index contributed by atoms with van der Waals surface area (Å²) in [6.07, 6.45) is 3.53. The second-order valence-electron chi connectivity index (χ2n) is 7.36. The second-order valence-corrected chi connectivity index (χ2v) is 7.36. The Kier molecular flexibility index (Phi) is 6.72. The molecule has 2 heterocycles. The van der Waals surface area contributed by atoms with E-state index in [4.69, 9.17) is 15.5 Å². The van der Waals surface area contributed by atoms with Gasteiger partial charge in [0.2, 0.25) is 0 Å². The number of nitrogen functional groups attached to an aromatic ring is 1. The van der Waals surface area contributed by atoms with Crippen LogP contribution >= 0.6 is 0 Å². The molecule has 8 heteroatoms. The molecule has 0 spiro atoms. The lowest BCUT2D eigenvalue weighted by Gasteiger charge is -2.19. The van der Waals surface area contributed by atoms with E-state index in [2.05, 4.69) is 14.9 Å². The van der Waals surface area contributed by atoms with Gasteiger partial charge in [-0.1, -0.05) is 0 Å². The Bertz CT molecular complexity index is 811. The van der Waals surface area contributed by atoms with E-state index >= 15 is 0 Å². The van der Waals surface area contributed by atoms with Crippen LogP contribution in [0.5, 0.6) is 0 Å². The number of fused-ring (bicyclic) bond motifs is 1. The van der Waals surface area contributed by atoms with Gasteiger partial charge in [0, 0.05) is 38.3 Å². The summed E-state index contributed by atoms with van der Waals surface area (Å²) in [7, 11) is 0. The number of carbonyl (C=O) groups excluding carboxylic acids is 1. The SMILES string of the molecule is CCN(CC)C(=O)NCCOCCn1c(CC2CC2)nc2c(N)nc(C)cc21. The molecule has 0 unspecified atom stereocenters. The molecule has 2 aromatic heterocycles. The highest BCUT2D eigenvalue weighted by molar-refractivity contribution is 5.85. The number of nitrogens with two attached hydrogens (primary N) is 1. The van der Waals surface area contributed by atoms with E-state index in [1.165, 1.54) is 12.8 Å². The molecule has 1 aliphatic carbocycles. The fraction of sp³-hybridized carbons (Fsp3) is 0.650. The van der Waals surface area contributed by atoms with E-state index < -0.39 is 0 Å². The van der Waals surface area contributed by atoms with Gasteiger partial charge in [-0.15, -0.1) is 0 Å². The minimum atomic E-state index is -0.0422. The zero-order chi connectivity index (χ0) is 20.1. The quantitative estimate of drug-likeness (QED) is 0.609. The van der Waals surface area contributed by atoms with E-state index in [-0.39, 0.29) is 6.03 Å². The first-order valence-electron chi connectivity index (χ1n) is 10.3. The maximum Gasteiger partial charge on any atom is 0.317 e. The highest BCUT2D eigenvalue weighted by atomic mass is 16.5. The summed E-state index contributed by atoms with van der Waals surface area (Å²) < 4.78 is 7.98. The molecule has 0 aliphatic heterocycles. The molecule has 1 fully saturated rings. The average molecular weight is 389 g/mol. The van der Waals surface area contributed by atoms with Crippen LogP contribution in [-0.2, 0) is 17.7 Å². The lowest BCUT2D eigenvalue weighted by Crippen LogP contribution is -2.41. The summed E-state index contributed by atoms with van der Waals surface area (Å²) >= 11 is 0. The van der Waals surface area contributed by atoms with Crippen LogP contribution in [0.4, 0.5) is 10.6 Å². The van der Waals surface area contributed by atoms with Crippen molar-refractivity contribution in [3.8, 4) is 0 Å². The monoisotopic (exact) mass is 388 g/mol.